The standard InChI is InChI=1S/C20H26FN3O9Se/c21-9-3-1-2-8(4-9)10-5-24(23-22-10)13-14(27)11(6-25)32-19(16(13)29)34-20-18(31)17(30)15(28)12(7-26)33-20/h1-5,11-20,25-31H,6-7H2/t11?,12?,13-,14-,15-,16?,17?,18+,19-,20-/m0/s1. The van der Waals surface area contributed by atoms with Gasteiger partial charge in [0.1, 0.15) is 0 Å². The number of halogens is 1. The molecule has 0 bridgehead atoms. The fourth-order valence-electron chi connectivity index (χ4n) is 4.01. The summed E-state index contributed by atoms with van der Waals surface area (Å²) >= 11 is -0.912. The van der Waals surface area contributed by atoms with Gasteiger partial charge in [0.2, 0.25) is 0 Å². The third-order valence-electron chi connectivity index (χ3n) is 5.90. The van der Waals surface area contributed by atoms with E-state index < -0.39 is 92.8 Å². The minimum atomic E-state index is -1.59. The molecule has 34 heavy (non-hydrogen) atoms. The molecule has 0 spiro atoms. The number of aromatic nitrogens is 3. The Bertz CT molecular complexity index is 969. The van der Waals surface area contributed by atoms with Gasteiger partial charge >= 0.3 is 199 Å². The van der Waals surface area contributed by atoms with Gasteiger partial charge in [0.25, 0.3) is 0 Å². The zero-order valence-electron chi connectivity index (χ0n) is 17.6. The van der Waals surface area contributed by atoms with Crippen LogP contribution in [0, 0.1) is 5.82 Å². The summed E-state index contributed by atoms with van der Waals surface area (Å²) in [5, 5.41) is 77.1. The van der Waals surface area contributed by atoms with Crippen molar-refractivity contribution in [1.82, 2.24) is 15.0 Å². The Balaban J connectivity index is 1.57. The van der Waals surface area contributed by atoms with Crippen LogP contribution in [-0.2, 0) is 9.47 Å². The minimum absolute atomic E-state index is 0.293. The van der Waals surface area contributed by atoms with Crippen molar-refractivity contribution >= 4 is 15.0 Å². The van der Waals surface area contributed by atoms with E-state index in [9.17, 15) is 40.1 Å². The second-order valence-electron chi connectivity index (χ2n) is 8.12. The summed E-state index contributed by atoms with van der Waals surface area (Å²) in [5.74, 6) is -0.471. The first-order valence-electron chi connectivity index (χ1n) is 10.5. The molecule has 2 aliphatic rings. The zero-order valence-corrected chi connectivity index (χ0v) is 19.4. The predicted octanol–water partition coefficient (Wildman–Crippen LogP) is -3.43. The van der Waals surface area contributed by atoms with Gasteiger partial charge in [-0.05, 0) is 0 Å². The Kier molecular flexibility index (Phi) is 7.96. The average molecular weight is 550 g/mol. The van der Waals surface area contributed by atoms with Crippen LogP contribution in [0.4, 0.5) is 4.39 Å². The Hall–Kier alpha value is -1.55. The molecule has 0 radical (unpaired) electrons. The molecule has 0 amide bonds. The van der Waals surface area contributed by atoms with Crippen LogP contribution in [0.2, 0.25) is 0 Å². The normalized spacial score (nSPS) is 38.7. The summed E-state index contributed by atoms with van der Waals surface area (Å²) < 4.78 is 26.0. The van der Waals surface area contributed by atoms with E-state index in [1.807, 2.05) is 0 Å². The zero-order chi connectivity index (χ0) is 24.6. The van der Waals surface area contributed by atoms with Crippen molar-refractivity contribution in [1.29, 1.82) is 0 Å². The van der Waals surface area contributed by atoms with Gasteiger partial charge in [-0.25, -0.2) is 0 Å². The number of nitrogens with zero attached hydrogens (tertiary/aromatic N) is 3. The summed E-state index contributed by atoms with van der Waals surface area (Å²) in [6.07, 6.45) is -8.23. The molecular formula is C20H26FN3O9Se. The predicted molar refractivity (Wildman–Crippen MR) is 112 cm³/mol. The van der Waals surface area contributed by atoms with Gasteiger partial charge in [-0.3, -0.25) is 0 Å². The first kappa shape index (κ1) is 25.5. The van der Waals surface area contributed by atoms with E-state index in [0.29, 0.717) is 11.3 Å². The first-order valence-corrected chi connectivity index (χ1v) is 12.5. The van der Waals surface area contributed by atoms with Crippen LogP contribution in [0.5, 0.6) is 0 Å². The number of hydrogen-bond donors (Lipinski definition) is 7. The quantitative estimate of drug-likeness (QED) is 0.177. The fraction of sp³-hybridized carbons (Fsp3) is 0.600. The molecule has 4 unspecified atom stereocenters. The summed E-state index contributed by atoms with van der Waals surface area (Å²) in [6, 6.07) is 4.54. The van der Waals surface area contributed by atoms with Crippen LogP contribution >= 0.6 is 0 Å². The van der Waals surface area contributed by atoms with E-state index in [-0.39, 0.29) is 0 Å². The van der Waals surface area contributed by atoms with Crippen molar-refractivity contribution in [3.63, 3.8) is 0 Å². The van der Waals surface area contributed by atoms with Crippen molar-refractivity contribution in [2.24, 2.45) is 0 Å². The van der Waals surface area contributed by atoms with Crippen LogP contribution in [0.1, 0.15) is 6.04 Å². The number of ether oxygens (including phenoxy) is 2. The monoisotopic (exact) mass is 551 g/mol. The molecule has 0 saturated carbocycles. The molecule has 4 rings (SSSR count). The molecule has 14 heteroatoms. The van der Waals surface area contributed by atoms with E-state index in [0.717, 1.165) is 0 Å². The van der Waals surface area contributed by atoms with Crippen molar-refractivity contribution in [3.8, 4) is 11.3 Å². The van der Waals surface area contributed by atoms with Crippen molar-refractivity contribution in [2.75, 3.05) is 13.2 Å². The van der Waals surface area contributed by atoms with E-state index in [4.69, 9.17) is 9.47 Å². The number of aliphatic hydroxyl groups excluding tert-OH is 7. The number of rotatable bonds is 6. The summed E-state index contributed by atoms with van der Waals surface area (Å²) in [7, 11) is 0. The van der Waals surface area contributed by atoms with Gasteiger partial charge in [0.05, 0.1) is 0 Å². The van der Waals surface area contributed by atoms with Gasteiger partial charge in [-0.1, -0.05) is 0 Å². The average Bonchev–Trinajstić information content (AvgIpc) is 3.31. The van der Waals surface area contributed by atoms with Gasteiger partial charge in [-0.2, -0.15) is 0 Å². The van der Waals surface area contributed by atoms with Crippen LogP contribution in [-0.4, -0.2) is 132 Å². The van der Waals surface area contributed by atoms with Crippen LogP contribution in [0.25, 0.3) is 11.3 Å². The molecule has 188 valence electrons. The Morgan fingerprint density at radius 1 is 0.882 bits per heavy atom. The number of aliphatic hydroxyl groups is 7. The first-order chi connectivity index (χ1) is 16.2. The second kappa shape index (κ2) is 10.6. The van der Waals surface area contributed by atoms with E-state index in [1.54, 1.807) is 6.07 Å². The van der Waals surface area contributed by atoms with Gasteiger partial charge < -0.3 is 0 Å². The second-order valence-corrected chi connectivity index (χ2v) is 10.6. The summed E-state index contributed by atoms with van der Waals surface area (Å²) in [4.78, 5) is 0. The third kappa shape index (κ3) is 4.90. The Morgan fingerprint density at radius 3 is 2.18 bits per heavy atom. The van der Waals surface area contributed by atoms with E-state index in [2.05, 4.69) is 10.3 Å². The molecule has 1 aromatic carbocycles. The maximum atomic E-state index is 13.6. The van der Waals surface area contributed by atoms with Crippen molar-refractivity contribution < 1.29 is 49.6 Å². The van der Waals surface area contributed by atoms with Crippen LogP contribution in [0.3, 0.4) is 0 Å². The Morgan fingerprint density at radius 2 is 1.53 bits per heavy atom. The van der Waals surface area contributed by atoms with Crippen molar-refractivity contribution in [3.05, 3.63) is 36.3 Å². The molecule has 12 nitrogen and oxygen atoms in total. The molecular weight excluding hydrogens is 524 g/mol. The number of benzene rings is 1. The van der Waals surface area contributed by atoms with E-state index >= 15 is 0 Å². The maximum absolute atomic E-state index is 13.6. The molecule has 7 N–H and O–H groups in total. The molecule has 2 aromatic rings. The van der Waals surface area contributed by atoms with Crippen LogP contribution < -0.4 is 0 Å². The summed E-state index contributed by atoms with van der Waals surface area (Å²) in [5.41, 5.74) is 0.727. The van der Waals surface area contributed by atoms with Gasteiger partial charge in [-0.15, -0.1) is 0 Å². The molecule has 3 heterocycles. The Labute approximate surface area is 199 Å². The summed E-state index contributed by atoms with van der Waals surface area (Å²) in [6.45, 7) is -1.19. The third-order valence-corrected chi connectivity index (χ3v) is 8.66. The van der Waals surface area contributed by atoms with Crippen LogP contribution in [0.15, 0.2) is 30.5 Å². The molecule has 2 fully saturated rings. The molecule has 2 saturated heterocycles. The SMILES string of the molecule is OCC1O[C@@H]([Se][C@@H]2OC(CO)[C@H](O)[C@H](n3cc(-c4cccc(F)c4)nn3)C2O)[C@H](O)C(O)[C@H]1O. The number of hydrogen-bond acceptors (Lipinski definition) is 11. The fourth-order valence-corrected chi connectivity index (χ4v) is 6.78. The van der Waals surface area contributed by atoms with E-state index in [1.165, 1.54) is 29.1 Å². The van der Waals surface area contributed by atoms with Gasteiger partial charge in [0, 0.05) is 0 Å². The topological polar surface area (TPSA) is 191 Å². The van der Waals surface area contributed by atoms with Crippen molar-refractivity contribution in [2.45, 2.75) is 58.8 Å². The molecule has 2 aliphatic heterocycles. The molecule has 1 aromatic heterocycles. The van der Waals surface area contributed by atoms with Gasteiger partial charge in [0.15, 0.2) is 0 Å². The molecule has 10 atom stereocenters. The molecule has 0 aliphatic carbocycles.